The summed E-state index contributed by atoms with van der Waals surface area (Å²) in [5.74, 6) is 0.0367. The maximum Gasteiger partial charge on any atom is 0.279 e. The second-order valence-corrected chi connectivity index (χ2v) is 9.07. The first-order valence-corrected chi connectivity index (χ1v) is 11.2. The fourth-order valence-electron chi connectivity index (χ4n) is 3.51. The molecule has 30 heavy (non-hydrogen) atoms. The molecule has 1 aliphatic rings. The fraction of sp³-hybridized carbons (Fsp3) is 0.227. The Labute approximate surface area is 185 Å². The lowest BCUT2D eigenvalue weighted by Crippen LogP contribution is -2.33. The van der Waals surface area contributed by atoms with Crippen LogP contribution in [-0.2, 0) is 17.6 Å². The molecule has 1 atom stereocenters. The first-order valence-electron chi connectivity index (χ1n) is 9.37. The van der Waals surface area contributed by atoms with Crippen molar-refractivity contribution in [3.05, 3.63) is 85.4 Å². The molecular formula is C22H19BrFN3O2S. The van der Waals surface area contributed by atoms with Crippen molar-refractivity contribution >= 4 is 39.4 Å². The van der Waals surface area contributed by atoms with Crippen LogP contribution in [-0.4, -0.2) is 15.5 Å². The molecule has 0 saturated carbocycles. The van der Waals surface area contributed by atoms with E-state index in [-0.39, 0.29) is 17.9 Å². The molecule has 154 valence electrons. The van der Waals surface area contributed by atoms with E-state index in [0.29, 0.717) is 32.3 Å². The predicted octanol–water partition coefficient (Wildman–Crippen LogP) is 4.76. The third-order valence-corrected chi connectivity index (χ3v) is 6.84. The summed E-state index contributed by atoms with van der Waals surface area (Å²) in [5, 5.41) is 3.35. The van der Waals surface area contributed by atoms with E-state index in [0.717, 1.165) is 5.56 Å². The maximum atomic E-state index is 13.7. The molecule has 2 heterocycles. The highest BCUT2D eigenvalue weighted by atomic mass is 79.9. The van der Waals surface area contributed by atoms with Gasteiger partial charge in [-0.05, 0) is 46.1 Å². The molecule has 3 aromatic rings. The topological polar surface area (TPSA) is 64.0 Å². The van der Waals surface area contributed by atoms with E-state index in [1.807, 2.05) is 31.2 Å². The lowest BCUT2D eigenvalue weighted by molar-refractivity contribution is -0.116. The van der Waals surface area contributed by atoms with Crippen molar-refractivity contribution in [1.29, 1.82) is 0 Å². The molecular weight excluding hydrogens is 469 g/mol. The average molecular weight is 488 g/mol. The van der Waals surface area contributed by atoms with Crippen molar-refractivity contribution in [1.82, 2.24) is 9.55 Å². The smallest absolute Gasteiger partial charge is 0.279 e. The number of rotatable bonds is 4. The summed E-state index contributed by atoms with van der Waals surface area (Å²) in [6, 6.07) is 12.7. The number of hydrogen-bond acceptors (Lipinski definition) is 4. The molecule has 1 unspecified atom stereocenters. The molecule has 0 aliphatic carbocycles. The van der Waals surface area contributed by atoms with Gasteiger partial charge in [-0.3, -0.25) is 9.59 Å². The Hall–Kier alpha value is -2.45. The number of nitrogens with zero attached hydrogens (tertiary/aromatic N) is 2. The average Bonchev–Trinajstić information content (AvgIpc) is 2.72. The van der Waals surface area contributed by atoms with Crippen molar-refractivity contribution in [2.24, 2.45) is 7.05 Å². The van der Waals surface area contributed by atoms with Crippen LogP contribution in [0.1, 0.15) is 34.6 Å². The second kappa shape index (κ2) is 8.35. The molecule has 1 aromatic heterocycles. The number of aryl methyl sites for hydroxylation is 1. The fourth-order valence-corrected chi connectivity index (χ4v) is 4.83. The van der Waals surface area contributed by atoms with E-state index < -0.39 is 11.7 Å². The maximum absolute atomic E-state index is 13.7. The highest BCUT2D eigenvalue weighted by Crippen LogP contribution is 2.37. The van der Waals surface area contributed by atoms with E-state index in [4.69, 9.17) is 0 Å². The van der Waals surface area contributed by atoms with Crippen LogP contribution in [0.15, 0.2) is 56.9 Å². The summed E-state index contributed by atoms with van der Waals surface area (Å²) in [7, 11) is 1.78. The zero-order valence-corrected chi connectivity index (χ0v) is 18.8. The SMILES string of the molecule is Cc1ccc(CSc2nc(=O)c3c(n2C)NC(=O)CC3c2ccc(F)c(Br)c2)cc1. The Balaban J connectivity index is 1.71. The quantitative estimate of drug-likeness (QED) is 0.425. The molecule has 8 heteroatoms. The van der Waals surface area contributed by atoms with Crippen molar-refractivity contribution in [2.75, 3.05) is 5.32 Å². The highest BCUT2D eigenvalue weighted by Gasteiger charge is 2.32. The number of carbonyl (C=O) groups is 1. The Morgan fingerprint density at radius 3 is 2.67 bits per heavy atom. The second-order valence-electron chi connectivity index (χ2n) is 7.27. The number of carbonyl (C=O) groups excluding carboxylic acids is 1. The third-order valence-electron chi connectivity index (χ3n) is 5.14. The van der Waals surface area contributed by atoms with Gasteiger partial charge in [0.05, 0.1) is 10.0 Å². The van der Waals surface area contributed by atoms with Crippen LogP contribution in [0, 0.1) is 12.7 Å². The Morgan fingerprint density at radius 2 is 1.97 bits per heavy atom. The van der Waals surface area contributed by atoms with Crippen LogP contribution >= 0.6 is 27.7 Å². The molecule has 0 radical (unpaired) electrons. The van der Waals surface area contributed by atoms with Gasteiger partial charge in [-0.2, -0.15) is 4.98 Å². The van der Waals surface area contributed by atoms with Gasteiger partial charge >= 0.3 is 0 Å². The van der Waals surface area contributed by atoms with Crippen molar-refractivity contribution in [3.63, 3.8) is 0 Å². The van der Waals surface area contributed by atoms with Crippen molar-refractivity contribution in [3.8, 4) is 0 Å². The molecule has 5 nitrogen and oxygen atoms in total. The number of amides is 1. The zero-order valence-electron chi connectivity index (χ0n) is 16.4. The van der Waals surface area contributed by atoms with Gasteiger partial charge in [0.15, 0.2) is 5.16 Å². The van der Waals surface area contributed by atoms with Gasteiger partial charge in [0.1, 0.15) is 11.6 Å². The molecule has 1 N–H and O–H groups in total. The van der Waals surface area contributed by atoms with E-state index in [2.05, 4.69) is 26.2 Å². The summed E-state index contributed by atoms with van der Waals surface area (Å²) in [6.07, 6.45) is 0.109. The number of nitrogens with one attached hydrogen (secondary N) is 1. The van der Waals surface area contributed by atoms with Gasteiger partial charge in [-0.1, -0.05) is 47.7 Å². The van der Waals surface area contributed by atoms with Crippen LogP contribution in [0.4, 0.5) is 10.2 Å². The minimum atomic E-state index is -0.479. The summed E-state index contributed by atoms with van der Waals surface area (Å²) in [4.78, 5) is 29.7. The third kappa shape index (κ3) is 4.06. The normalized spacial score (nSPS) is 15.6. The summed E-state index contributed by atoms with van der Waals surface area (Å²) < 4.78 is 15.7. The van der Waals surface area contributed by atoms with Gasteiger partial charge in [0.25, 0.3) is 5.56 Å². The van der Waals surface area contributed by atoms with Crippen LogP contribution in [0.2, 0.25) is 0 Å². The lowest BCUT2D eigenvalue weighted by atomic mass is 9.87. The number of halogens is 2. The molecule has 0 fully saturated rings. The minimum absolute atomic E-state index is 0.109. The van der Waals surface area contributed by atoms with Crippen LogP contribution in [0.3, 0.4) is 0 Å². The molecule has 2 aromatic carbocycles. The van der Waals surface area contributed by atoms with Crippen LogP contribution < -0.4 is 10.9 Å². The number of benzene rings is 2. The van der Waals surface area contributed by atoms with Gasteiger partial charge in [-0.25, -0.2) is 4.39 Å². The monoisotopic (exact) mass is 487 g/mol. The number of thioether (sulfide) groups is 1. The Morgan fingerprint density at radius 1 is 1.23 bits per heavy atom. The van der Waals surface area contributed by atoms with Crippen LogP contribution in [0.25, 0.3) is 0 Å². The van der Waals surface area contributed by atoms with Gasteiger partial charge in [0, 0.05) is 25.1 Å². The van der Waals surface area contributed by atoms with Gasteiger partial charge in [-0.15, -0.1) is 0 Å². The summed E-state index contributed by atoms with van der Waals surface area (Å²) in [6.45, 7) is 2.03. The first-order chi connectivity index (χ1) is 14.3. The molecule has 0 spiro atoms. The van der Waals surface area contributed by atoms with E-state index in [1.165, 1.54) is 23.4 Å². The van der Waals surface area contributed by atoms with E-state index in [9.17, 15) is 14.0 Å². The number of fused-ring (bicyclic) bond motifs is 1. The molecule has 4 rings (SSSR count). The number of hydrogen-bond donors (Lipinski definition) is 1. The zero-order chi connectivity index (χ0) is 21.4. The van der Waals surface area contributed by atoms with Crippen LogP contribution in [0.5, 0.6) is 0 Å². The first kappa shape index (κ1) is 20.8. The summed E-state index contributed by atoms with van der Waals surface area (Å²) in [5.41, 5.74) is 3.05. The Kier molecular flexibility index (Phi) is 5.79. The standard InChI is InChI=1S/C22H19BrFN3O2S/c1-12-3-5-13(6-4-12)11-30-22-26-21(29)19-15(10-18(28)25-20(19)27(22)2)14-7-8-17(24)16(23)9-14/h3-9,15H,10-11H2,1-2H3,(H,25,28). The Bertz CT molecular complexity index is 1190. The largest absolute Gasteiger partial charge is 0.312 e. The van der Waals surface area contributed by atoms with Crippen molar-refractivity contribution in [2.45, 2.75) is 30.2 Å². The lowest BCUT2D eigenvalue weighted by Gasteiger charge is -2.27. The van der Waals surface area contributed by atoms with Crippen molar-refractivity contribution < 1.29 is 9.18 Å². The minimum Gasteiger partial charge on any atom is -0.312 e. The molecule has 0 saturated heterocycles. The van der Waals surface area contributed by atoms with Gasteiger partial charge in [0.2, 0.25) is 5.91 Å². The number of anilines is 1. The van der Waals surface area contributed by atoms with E-state index >= 15 is 0 Å². The summed E-state index contributed by atoms with van der Waals surface area (Å²) >= 11 is 4.62. The number of aromatic nitrogens is 2. The van der Waals surface area contributed by atoms with Gasteiger partial charge < -0.3 is 9.88 Å². The highest BCUT2D eigenvalue weighted by molar-refractivity contribution is 9.10. The predicted molar refractivity (Wildman–Crippen MR) is 119 cm³/mol. The van der Waals surface area contributed by atoms with E-state index in [1.54, 1.807) is 23.7 Å². The molecule has 1 aliphatic heterocycles. The molecule has 0 bridgehead atoms. The molecule has 1 amide bonds.